The van der Waals surface area contributed by atoms with E-state index in [0.29, 0.717) is 54.6 Å². The number of anilines is 4. The molecule has 0 unspecified atom stereocenters. The quantitative estimate of drug-likeness (QED) is 0.0884. The number of nitrogens with one attached hydrogen (secondary N) is 4. The molecule has 0 radical (unpaired) electrons. The average Bonchev–Trinajstić information content (AvgIpc) is 3.90. The maximum atomic E-state index is 13.3. The van der Waals surface area contributed by atoms with Crippen LogP contribution >= 0.6 is 11.7 Å². The van der Waals surface area contributed by atoms with Crippen molar-refractivity contribution in [3.8, 4) is 5.88 Å². The zero-order valence-corrected chi connectivity index (χ0v) is 38.1. The van der Waals surface area contributed by atoms with Gasteiger partial charge in [-0.05, 0) is 84.5 Å². The van der Waals surface area contributed by atoms with Gasteiger partial charge in [0.25, 0.3) is 11.8 Å². The van der Waals surface area contributed by atoms with Gasteiger partial charge >= 0.3 is 11.9 Å². The minimum Gasteiger partial charge on any atom is -0.470 e. The molecule has 18 nitrogen and oxygen atoms in total. The Balaban J connectivity index is 1.16. The molecule has 0 spiro atoms. The lowest BCUT2D eigenvalue weighted by Gasteiger charge is -2.37. The zero-order valence-electron chi connectivity index (χ0n) is 37.3. The Morgan fingerprint density at radius 3 is 2.47 bits per heavy atom. The summed E-state index contributed by atoms with van der Waals surface area (Å²) in [6.07, 6.45) is -1.01. The smallest absolute Gasteiger partial charge is 0.347 e. The number of aromatic nitrogens is 3. The Labute approximate surface area is 367 Å². The summed E-state index contributed by atoms with van der Waals surface area (Å²) in [6.45, 7) is 22.5. The summed E-state index contributed by atoms with van der Waals surface area (Å²) >= 11 is 0.990. The number of hydrogen-bond donors (Lipinski definition) is 4. The van der Waals surface area contributed by atoms with E-state index in [2.05, 4.69) is 48.4 Å². The first-order chi connectivity index (χ1) is 29.5. The second-order valence-electron chi connectivity index (χ2n) is 16.2. The normalized spacial score (nSPS) is 15.5. The van der Waals surface area contributed by atoms with E-state index in [1.807, 2.05) is 45.6 Å². The summed E-state index contributed by atoms with van der Waals surface area (Å²) in [5, 5.41) is 9.21. The molecule has 3 amide bonds. The highest BCUT2D eigenvalue weighted by Gasteiger charge is 2.32. The lowest BCUT2D eigenvalue weighted by Crippen LogP contribution is -2.50. The molecule has 0 saturated carbocycles. The number of esters is 2. The van der Waals surface area contributed by atoms with E-state index < -0.39 is 35.6 Å². The third-order valence-electron chi connectivity index (χ3n) is 10.7. The molecule has 19 heteroatoms. The molecule has 1 aromatic carbocycles. The number of nitrogens with zero attached hydrogens (tertiary/aromatic N) is 5. The van der Waals surface area contributed by atoms with Gasteiger partial charge in [-0.2, -0.15) is 4.37 Å². The molecule has 5 rings (SSSR count). The maximum Gasteiger partial charge on any atom is 0.347 e. The molecule has 0 bridgehead atoms. The van der Waals surface area contributed by atoms with Crippen LogP contribution < -0.4 is 25.6 Å². The number of carbonyl (C=O) groups is 5. The number of amides is 3. The van der Waals surface area contributed by atoms with Crippen LogP contribution in [0.1, 0.15) is 83.8 Å². The lowest BCUT2D eigenvalue weighted by molar-refractivity contribution is -0.173. The first-order valence-electron chi connectivity index (χ1n) is 21.1. The largest absolute Gasteiger partial charge is 0.470 e. The highest BCUT2D eigenvalue weighted by atomic mass is 32.1. The van der Waals surface area contributed by atoms with Gasteiger partial charge in [0.1, 0.15) is 6.61 Å². The molecular weight excluding hydrogens is 819 g/mol. The number of aromatic amines is 1. The molecule has 1 saturated heterocycles. The third kappa shape index (κ3) is 12.5. The van der Waals surface area contributed by atoms with Crippen LogP contribution in [0.3, 0.4) is 0 Å². The van der Waals surface area contributed by atoms with Crippen LogP contribution in [0, 0.1) is 13.8 Å². The Kier molecular flexibility index (Phi) is 16.5. The number of carbonyl (C=O) groups excluding carboxylic acids is 5. The van der Waals surface area contributed by atoms with Gasteiger partial charge in [0.05, 0.1) is 49.2 Å². The maximum absolute atomic E-state index is 13.3. The van der Waals surface area contributed by atoms with E-state index >= 15 is 0 Å². The molecule has 4 N–H and O–H groups in total. The van der Waals surface area contributed by atoms with Crippen LogP contribution in [-0.4, -0.2) is 137 Å². The molecule has 62 heavy (non-hydrogen) atoms. The number of aryl methyl sites for hydroxylation is 1. The standard InChI is InChI=1S/C43H61N9O9S/c1-10-50(11-2)17-16-44-38-26(3)35(45-27(38)4)23-33-32-22-30(12-13-34(32)47-40(33)56)46-36(54)14-15-37(55)60-28(5)42(57)61-31(24-52(29(6)53)43(7,8)9)25-59-41-39(48-62-49-41)51-18-20-58-21-19-51/h12-13,22-23,28,31,44-45H,10-11,14-21,24-25H2,1-9H3,(H,46,54)(H,47,56)/b33-23-/t28-,31+/m1/s1. The van der Waals surface area contributed by atoms with Crippen LogP contribution in [0.15, 0.2) is 18.2 Å². The van der Waals surface area contributed by atoms with E-state index in [1.54, 1.807) is 23.1 Å². The van der Waals surface area contributed by atoms with Gasteiger partial charge in [0.2, 0.25) is 17.6 Å². The van der Waals surface area contributed by atoms with E-state index in [-0.39, 0.29) is 43.7 Å². The van der Waals surface area contributed by atoms with Crippen LogP contribution in [0.5, 0.6) is 5.88 Å². The summed E-state index contributed by atoms with van der Waals surface area (Å²) in [7, 11) is 0. The first kappa shape index (κ1) is 47.5. The van der Waals surface area contributed by atoms with Gasteiger partial charge in [-0.15, -0.1) is 4.37 Å². The second kappa shape index (κ2) is 21.5. The Morgan fingerprint density at radius 2 is 1.79 bits per heavy atom. The number of benzene rings is 1. The van der Waals surface area contributed by atoms with Crippen LogP contribution in [-0.2, 0) is 38.2 Å². The van der Waals surface area contributed by atoms with E-state index in [9.17, 15) is 24.0 Å². The molecule has 338 valence electrons. The number of hydrogen-bond acceptors (Lipinski definition) is 15. The number of rotatable bonds is 20. The number of H-pyrrole nitrogens is 1. The molecule has 3 aromatic rings. The monoisotopic (exact) mass is 879 g/mol. The predicted molar refractivity (Wildman–Crippen MR) is 238 cm³/mol. The summed E-state index contributed by atoms with van der Waals surface area (Å²) in [4.78, 5) is 74.2. The van der Waals surface area contributed by atoms with E-state index in [1.165, 1.54) is 13.8 Å². The third-order valence-corrected chi connectivity index (χ3v) is 11.2. The summed E-state index contributed by atoms with van der Waals surface area (Å²) in [5.74, 6) is -1.76. The highest BCUT2D eigenvalue weighted by molar-refractivity contribution is 6.99. The van der Waals surface area contributed by atoms with E-state index in [4.69, 9.17) is 18.9 Å². The van der Waals surface area contributed by atoms with Gasteiger partial charge in [0.15, 0.2) is 12.2 Å². The fraction of sp³-hybridized carbons (Fsp3) is 0.558. The minimum atomic E-state index is -1.32. The number of morpholine rings is 1. The molecule has 2 atom stereocenters. The number of fused-ring (bicyclic) bond motifs is 1. The van der Waals surface area contributed by atoms with Crippen LogP contribution in [0.4, 0.5) is 22.9 Å². The van der Waals surface area contributed by atoms with Crippen molar-refractivity contribution in [2.75, 3.05) is 86.5 Å². The van der Waals surface area contributed by atoms with E-state index in [0.717, 1.165) is 60.5 Å². The summed E-state index contributed by atoms with van der Waals surface area (Å²) < 4.78 is 31.3. The van der Waals surface area contributed by atoms with Crippen molar-refractivity contribution in [2.45, 2.75) is 92.9 Å². The predicted octanol–water partition coefficient (Wildman–Crippen LogP) is 4.85. The van der Waals surface area contributed by atoms with Gasteiger partial charge < -0.3 is 54.6 Å². The summed E-state index contributed by atoms with van der Waals surface area (Å²) in [5.41, 5.74) is 5.28. The SMILES string of the molecule is CCN(CC)CCNc1c(C)[nH]c(/C=C2\C(=O)Nc3ccc(NC(=O)CCC(=O)O[C@H](C)C(=O)O[C@H](COc4nsnc4N4CCOCC4)CN(C(C)=O)C(C)(C)C)cc32)c1C. The fourth-order valence-electron chi connectivity index (χ4n) is 7.23. The lowest BCUT2D eigenvalue weighted by atomic mass is 10.0. The zero-order chi connectivity index (χ0) is 45.1. The molecule has 1 fully saturated rings. The van der Waals surface area contributed by atoms with Crippen molar-refractivity contribution in [1.82, 2.24) is 23.5 Å². The molecule has 2 aliphatic heterocycles. The van der Waals surface area contributed by atoms with Gasteiger partial charge in [-0.25, -0.2) is 4.79 Å². The number of ether oxygens (including phenoxy) is 4. The second-order valence-corrected chi connectivity index (χ2v) is 16.8. The van der Waals surface area contributed by atoms with Gasteiger partial charge in [0, 0.05) is 73.4 Å². The number of likely N-dealkylation sites (N-methyl/N-ethyl adjacent to an activating group) is 1. The van der Waals surface area contributed by atoms with Gasteiger partial charge in [-0.3, -0.25) is 19.2 Å². The van der Waals surface area contributed by atoms with Crippen LogP contribution in [0.2, 0.25) is 0 Å². The van der Waals surface area contributed by atoms with Crippen molar-refractivity contribution in [3.05, 3.63) is 40.7 Å². The van der Waals surface area contributed by atoms with Crippen molar-refractivity contribution < 1.29 is 42.9 Å². The minimum absolute atomic E-state index is 0.00117. The van der Waals surface area contributed by atoms with Crippen molar-refractivity contribution in [2.24, 2.45) is 0 Å². The molecule has 2 aromatic heterocycles. The average molecular weight is 880 g/mol. The first-order valence-corrected chi connectivity index (χ1v) is 21.8. The van der Waals surface area contributed by atoms with Gasteiger partial charge in [-0.1, -0.05) is 13.8 Å². The highest BCUT2D eigenvalue weighted by Crippen LogP contribution is 2.36. The summed E-state index contributed by atoms with van der Waals surface area (Å²) in [6, 6.07) is 5.09. The molecule has 2 aliphatic rings. The van der Waals surface area contributed by atoms with Crippen molar-refractivity contribution >= 4 is 75.9 Å². The Morgan fingerprint density at radius 1 is 1.06 bits per heavy atom. The molecule has 4 heterocycles. The Bertz CT molecular complexity index is 2100. The van der Waals surface area contributed by atoms with Crippen LogP contribution in [0.25, 0.3) is 11.6 Å². The Hall–Kier alpha value is -5.53. The van der Waals surface area contributed by atoms with Crippen molar-refractivity contribution in [1.29, 1.82) is 0 Å². The fourth-order valence-corrected chi connectivity index (χ4v) is 7.75. The molecule has 0 aliphatic carbocycles. The van der Waals surface area contributed by atoms with Crippen molar-refractivity contribution in [3.63, 3.8) is 0 Å². The topological polar surface area (TPSA) is 210 Å². The molecular formula is C43H61N9O9S.